The second-order valence-corrected chi connectivity index (χ2v) is 5.38. The third kappa shape index (κ3) is 3.11. The van der Waals surface area contributed by atoms with Crippen LogP contribution in [0.15, 0.2) is 15.5 Å². The highest BCUT2D eigenvalue weighted by Gasteiger charge is 2.27. The summed E-state index contributed by atoms with van der Waals surface area (Å²) in [6.07, 6.45) is 4.33. The zero-order valence-corrected chi connectivity index (χ0v) is 12.4. The van der Waals surface area contributed by atoms with Crippen molar-refractivity contribution in [3.05, 3.63) is 21.0 Å². The zero-order valence-electron chi connectivity index (χ0n) is 10.8. The maximum atomic E-state index is 11.7. The van der Waals surface area contributed by atoms with Gasteiger partial charge < -0.3 is 5.32 Å². The van der Waals surface area contributed by atoms with Gasteiger partial charge in [0.05, 0.1) is 11.9 Å². The summed E-state index contributed by atoms with van der Waals surface area (Å²) in [6.45, 7) is 5.11. The fourth-order valence-electron chi connectivity index (χ4n) is 2.01. The first-order valence-electron chi connectivity index (χ1n) is 6.33. The van der Waals surface area contributed by atoms with E-state index in [9.17, 15) is 4.79 Å². The first-order chi connectivity index (χ1) is 8.63. The molecule has 0 bridgehead atoms. The molecule has 0 atom stereocenters. The molecule has 0 spiro atoms. The van der Waals surface area contributed by atoms with Gasteiger partial charge in [0.1, 0.15) is 4.47 Å². The number of anilines is 1. The number of nitrogens with one attached hydrogen (secondary N) is 1. The molecule has 1 N–H and O–H groups in total. The van der Waals surface area contributed by atoms with Crippen LogP contribution in [0.5, 0.6) is 0 Å². The van der Waals surface area contributed by atoms with Crippen molar-refractivity contribution in [2.24, 2.45) is 7.05 Å². The Balaban J connectivity index is 1.90. The average molecular weight is 315 g/mol. The second kappa shape index (κ2) is 5.84. The molecule has 1 fully saturated rings. The first kappa shape index (κ1) is 13.5. The molecule has 0 aromatic carbocycles. The van der Waals surface area contributed by atoms with Crippen LogP contribution >= 0.6 is 15.9 Å². The molecule has 2 rings (SSSR count). The minimum Gasteiger partial charge on any atom is -0.381 e. The molecule has 1 aromatic rings. The van der Waals surface area contributed by atoms with E-state index in [1.807, 2.05) is 0 Å². The quantitative estimate of drug-likeness (QED) is 0.863. The van der Waals surface area contributed by atoms with Crippen LogP contribution in [0, 0.1) is 0 Å². The van der Waals surface area contributed by atoms with E-state index < -0.39 is 0 Å². The van der Waals surface area contributed by atoms with E-state index in [-0.39, 0.29) is 5.56 Å². The minimum absolute atomic E-state index is 0.116. The molecule has 0 saturated heterocycles. The molecule has 0 amide bonds. The van der Waals surface area contributed by atoms with Gasteiger partial charge in [-0.1, -0.05) is 6.92 Å². The van der Waals surface area contributed by atoms with Crippen LogP contribution in [0.2, 0.25) is 0 Å². The summed E-state index contributed by atoms with van der Waals surface area (Å²) in [7, 11) is 1.64. The van der Waals surface area contributed by atoms with Crippen LogP contribution in [0.1, 0.15) is 19.8 Å². The van der Waals surface area contributed by atoms with Gasteiger partial charge in [0, 0.05) is 26.2 Å². The largest absolute Gasteiger partial charge is 0.381 e. The summed E-state index contributed by atoms with van der Waals surface area (Å²) in [5, 5.41) is 7.27. The van der Waals surface area contributed by atoms with Crippen molar-refractivity contribution in [3.8, 4) is 0 Å². The van der Waals surface area contributed by atoms with Gasteiger partial charge in [0.2, 0.25) is 0 Å². The molecule has 6 heteroatoms. The number of hydrogen-bond donors (Lipinski definition) is 1. The number of likely N-dealkylation sites (N-methyl/N-ethyl adjacent to an activating group) is 1. The van der Waals surface area contributed by atoms with Gasteiger partial charge >= 0.3 is 0 Å². The Morgan fingerprint density at radius 1 is 1.61 bits per heavy atom. The average Bonchev–Trinajstić information content (AvgIpc) is 3.18. The van der Waals surface area contributed by atoms with E-state index in [1.165, 1.54) is 17.5 Å². The number of aromatic nitrogens is 2. The van der Waals surface area contributed by atoms with E-state index in [2.05, 4.69) is 38.2 Å². The highest BCUT2D eigenvalue weighted by Crippen LogP contribution is 2.26. The molecule has 1 aliphatic carbocycles. The fourth-order valence-corrected chi connectivity index (χ4v) is 2.51. The topological polar surface area (TPSA) is 50.2 Å². The lowest BCUT2D eigenvalue weighted by Gasteiger charge is -2.20. The molecule has 0 radical (unpaired) electrons. The number of rotatable bonds is 6. The van der Waals surface area contributed by atoms with Gasteiger partial charge in [0.25, 0.3) is 5.56 Å². The smallest absolute Gasteiger partial charge is 0.282 e. The molecule has 1 saturated carbocycles. The lowest BCUT2D eigenvalue weighted by atomic mass is 10.4. The van der Waals surface area contributed by atoms with Crippen molar-refractivity contribution >= 4 is 21.6 Å². The number of nitrogens with zero attached hydrogens (tertiary/aromatic N) is 3. The van der Waals surface area contributed by atoms with Crippen molar-refractivity contribution in [1.82, 2.24) is 14.7 Å². The third-order valence-corrected chi connectivity index (χ3v) is 4.03. The van der Waals surface area contributed by atoms with Gasteiger partial charge in [0.15, 0.2) is 0 Å². The molecule has 0 unspecified atom stereocenters. The van der Waals surface area contributed by atoms with Crippen molar-refractivity contribution in [2.75, 3.05) is 25.0 Å². The van der Waals surface area contributed by atoms with Crippen molar-refractivity contribution in [2.45, 2.75) is 25.8 Å². The highest BCUT2D eigenvalue weighted by atomic mass is 79.9. The van der Waals surface area contributed by atoms with E-state index in [1.54, 1.807) is 13.2 Å². The molecule has 1 aliphatic rings. The predicted molar refractivity (Wildman–Crippen MR) is 75.9 cm³/mol. The maximum Gasteiger partial charge on any atom is 0.282 e. The Labute approximate surface area is 115 Å². The Hall–Kier alpha value is -0.880. The van der Waals surface area contributed by atoms with E-state index in [0.717, 1.165) is 31.4 Å². The Morgan fingerprint density at radius 2 is 2.33 bits per heavy atom. The van der Waals surface area contributed by atoms with Crippen molar-refractivity contribution < 1.29 is 0 Å². The molecule has 1 heterocycles. The fraction of sp³-hybridized carbons (Fsp3) is 0.667. The predicted octanol–water partition coefficient (Wildman–Crippen LogP) is 1.44. The molecular weight excluding hydrogens is 296 g/mol. The standard InChI is InChI=1S/C12H19BrN4O/c1-3-17(9-4-5-9)7-6-14-10-8-15-16(2)12(18)11(10)13/h8-9,14H,3-7H2,1-2H3. The number of aryl methyl sites for hydroxylation is 1. The summed E-state index contributed by atoms with van der Waals surface area (Å²) in [6, 6.07) is 0.780. The van der Waals surface area contributed by atoms with Crippen LogP contribution < -0.4 is 10.9 Å². The zero-order chi connectivity index (χ0) is 13.1. The highest BCUT2D eigenvalue weighted by molar-refractivity contribution is 9.10. The molecule has 1 aromatic heterocycles. The Morgan fingerprint density at radius 3 is 2.94 bits per heavy atom. The summed E-state index contributed by atoms with van der Waals surface area (Å²) >= 11 is 3.31. The number of halogens is 1. The van der Waals surface area contributed by atoms with E-state index in [0.29, 0.717) is 4.47 Å². The molecular formula is C12H19BrN4O. The second-order valence-electron chi connectivity index (χ2n) is 4.59. The molecule has 5 nitrogen and oxygen atoms in total. The molecule has 18 heavy (non-hydrogen) atoms. The van der Waals surface area contributed by atoms with Crippen LogP contribution in [0.3, 0.4) is 0 Å². The van der Waals surface area contributed by atoms with Crippen LogP contribution in [0.25, 0.3) is 0 Å². The van der Waals surface area contributed by atoms with Crippen LogP contribution in [0.4, 0.5) is 5.69 Å². The Kier molecular flexibility index (Phi) is 4.40. The summed E-state index contributed by atoms with van der Waals surface area (Å²) in [5.74, 6) is 0. The van der Waals surface area contributed by atoms with Gasteiger partial charge in [-0.2, -0.15) is 5.10 Å². The lowest BCUT2D eigenvalue weighted by molar-refractivity contribution is 0.289. The number of hydrogen-bond acceptors (Lipinski definition) is 4. The Bertz CT molecular complexity index is 470. The molecule has 0 aliphatic heterocycles. The summed E-state index contributed by atoms with van der Waals surface area (Å²) in [5.41, 5.74) is 0.652. The van der Waals surface area contributed by atoms with E-state index >= 15 is 0 Å². The van der Waals surface area contributed by atoms with Crippen molar-refractivity contribution in [1.29, 1.82) is 0 Å². The third-order valence-electron chi connectivity index (χ3n) is 3.26. The van der Waals surface area contributed by atoms with Crippen LogP contribution in [-0.2, 0) is 7.05 Å². The van der Waals surface area contributed by atoms with Gasteiger partial charge in [-0.15, -0.1) is 0 Å². The van der Waals surface area contributed by atoms with Crippen molar-refractivity contribution in [3.63, 3.8) is 0 Å². The first-order valence-corrected chi connectivity index (χ1v) is 7.12. The van der Waals surface area contributed by atoms with E-state index in [4.69, 9.17) is 0 Å². The van der Waals surface area contributed by atoms with Crippen LogP contribution in [-0.4, -0.2) is 40.4 Å². The summed E-state index contributed by atoms with van der Waals surface area (Å²) < 4.78 is 1.87. The van der Waals surface area contributed by atoms with Gasteiger partial charge in [-0.3, -0.25) is 9.69 Å². The monoisotopic (exact) mass is 314 g/mol. The normalized spacial score (nSPS) is 15.1. The minimum atomic E-state index is -0.116. The maximum absolute atomic E-state index is 11.7. The summed E-state index contributed by atoms with van der Waals surface area (Å²) in [4.78, 5) is 14.1. The SMILES string of the molecule is CCN(CCNc1cnn(C)c(=O)c1Br)C1CC1. The molecule has 100 valence electrons. The lowest BCUT2D eigenvalue weighted by Crippen LogP contribution is -2.31. The van der Waals surface area contributed by atoms with Gasteiger partial charge in [-0.05, 0) is 35.3 Å². The van der Waals surface area contributed by atoms with Gasteiger partial charge in [-0.25, -0.2) is 4.68 Å².